The second-order valence-corrected chi connectivity index (χ2v) is 8.37. The molecule has 1 fully saturated rings. The lowest BCUT2D eigenvalue weighted by Crippen LogP contribution is -2.48. The topological polar surface area (TPSA) is 82.2 Å². The summed E-state index contributed by atoms with van der Waals surface area (Å²) >= 11 is 1.26. The minimum Gasteiger partial charge on any atom is -0.353 e. The monoisotopic (exact) mass is 349 g/mol. The summed E-state index contributed by atoms with van der Waals surface area (Å²) in [5.41, 5.74) is 0.795. The van der Waals surface area contributed by atoms with E-state index in [9.17, 15) is 8.42 Å². The van der Waals surface area contributed by atoms with E-state index in [2.05, 4.69) is 19.9 Å². The van der Waals surface area contributed by atoms with Gasteiger partial charge < -0.3 is 9.88 Å². The number of aromatic amines is 1. The third-order valence-electron chi connectivity index (χ3n) is 3.96. The fraction of sp³-hybridized carbons (Fsp3) is 0.286. The molecule has 4 rings (SSSR count). The van der Waals surface area contributed by atoms with Gasteiger partial charge in [-0.1, -0.05) is 6.07 Å². The number of piperazine rings is 1. The number of fused-ring (bicyclic) bond motifs is 1. The molecule has 1 saturated heterocycles. The maximum atomic E-state index is 12.5. The predicted molar refractivity (Wildman–Crippen MR) is 89.2 cm³/mol. The second kappa shape index (κ2) is 5.59. The second-order valence-electron chi connectivity index (χ2n) is 5.26. The first-order valence-electron chi connectivity index (χ1n) is 7.23. The van der Waals surface area contributed by atoms with Crippen LogP contribution in [0.25, 0.3) is 11.0 Å². The molecule has 0 aromatic carbocycles. The molecule has 7 nitrogen and oxygen atoms in total. The Bertz CT molecular complexity index is 912. The molecule has 3 aromatic rings. The molecule has 0 saturated carbocycles. The van der Waals surface area contributed by atoms with Crippen molar-refractivity contribution in [2.45, 2.75) is 4.21 Å². The number of nitrogens with zero attached hydrogens (tertiary/aromatic N) is 4. The van der Waals surface area contributed by atoms with Crippen molar-refractivity contribution >= 4 is 38.2 Å². The Labute approximate surface area is 137 Å². The summed E-state index contributed by atoms with van der Waals surface area (Å²) in [6, 6.07) is 5.36. The fourth-order valence-corrected chi connectivity index (χ4v) is 5.36. The molecule has 1 aliphatic rings. The molecule has 0 radical (unpaired) electrons. The number of thiophene rings is 1. The van der Waals surface area contributed by atoms with Crippen molar-refractivity contribution in [1.29, 1.82) is 0 Å². The quantitative estimate of drug-likeness (QED) is 0.775. The average molecular weight is 349 g/mol. The molecule has 120 valence electrons. The molecule has 9 heteroatoms. The normalized spacial score (nSPS) is 17.0. The van der Waals surface area contributed by atoms with Gasteiger partial charge in [-0.25, -0.2) is 18.4 Å². The number of nitrogens with one attached hydrogen (secondary N) is 1. The number of sulfonamides is 1. The Kier molecular flexibility index (Phi) is 3.55. The van der Waals surface area contributed by atoms with Crippen molar-refractivity contribution in [3.8, 4) is 0 Å². The summed E-state index contributed by atoms with van der Waals surface area (Å²) in [6.07, 6.45) is 3.36. The molecule has 1 aliphatic heterocycles. The Morgan fingerprint density at radius 3 is 2.70 bits per heavy atom. The van der Waals surface area contributed by atoms with E-state index in [1.165, 1.54) is 17.7 Å². The number of rotatable bonds is 3. The van der Waals surface area contributed by atoms with Crippen LogP contribution in [-0.2, 0) is 10.0 Å². The molecule has 0 unspecified atom stereocenters. The van der Waals surface area contributed by atoms with Gasteiger partial charge in [0.2, 0.25) is 0 Å². The highest BCUT2D eigenvalue weighted by Gasteiger charge is 2.30. The maximum absolute atomic E-state index is 12.5. The zero-order chi connectivity index (χ0) is 15.9. The first-order valence-corrected chi connectivity index (χ1v) is 9.55. The summed E-state index contributed by atoms with van der Waals surface area (Å²) < 4.78 is 27.0. The van der Waals surface area contributed by atoms with Crippen LogP contribution in [-0.4, -0.2) is 53.9 Å². The van der Waals surface area contributed by atoms with Crippen molar-refractivity contribution in [3.05, 3.63) is 36.1 Å². The van der Waals surface area contributed by atoms with Gasteiger partial charge in [0.1, 0.15) is 22.0 Å². The van der Waals surface area contributed by atoms with Crippen LogP contribution in [0.4, 0.5) is 5.82 Å². The number of anilines is 1. The minimum absolute atomic E-state index is 0.404. The zero-order valence-corrected chi connectivity index (χ0v) is 13.8. The summed E-state index contributed by atoms with van der Waals surface area (Å²) in [7, 11) is -3.37. The van der Waals surface area contributed by atoms with Crippen LogP contribution >= 0.6 is 11.3 Å². The number of aromatic nitrogens is 3. The van der Waals surface area contributed by atoms with E-state index in [4.69, 9.17) is 0 Å². The molecular formula is C14H15N5O2S2. The van der Waals surface area contributed by atoms with E-state index >= 15 is 0 Å². The first kappa shape index (κ1) is 14.6. The summed E-state index contributed by atoms with van der Waals surface area (Å²) in [5, 5.41) is 2.74. The van der Waals surface area contributed by atoms with Crippen LogP contribution in [0.1, 0.15) is 0 Å². The van der Waals surface area contributed by atoms with Crippen molar-refractivity contribution in [2.24, 2.45) is 0 Å². The maximum Gasteiger partial charge on any atom is 0.252 e. The molecule has 1 N–H and O–H groups in total. The molecule has 0 spiro atoms. The highest BCUT2D eigenvalue weighted by atomic mass is 32.2. The van der Waals surface area contributed by atoms with Crippen LogP contribution in [0.5, 0.6) is 0 Å². The standard InChI is InChI=1S/C14H15N5O2S2/c20-23(21,12-2-1-9-22-12)19-7-5-18(6-8-19)14-11-3-4-15-13(11)16-10-17-14/h1-4,9-10H,5-8H2,(H,15,16,17). The van der Waals surface area contributed by atoms with Crippen molar-refractivity contribution in [3.63, 3.8) is 0 Å². The lowest BCUT2D eigenvalue weighted by molar-refractivity contribution is 0.385. The molecule has 0 amide bonds. The minimum atomic E-state index is -3.37. The van der Waals surface area contributed by atoms with Crippen LogP contribution in [0.15, 0.2) is 40.3 Å². The smallest absolute Gasteiger partial charge is 0.252 e. The van der Waals surface area contributed by atoms with Crippen molar-refractivity contribution < 1.29 is 8.42 Å². The lowest BCUT2D eigenvalue weighted by Gasteiger charge is -2.34. The average Bonchev–Trinajstić information content (AvgIpc) is 3.26. The van der Waals surface area contributed by atoms with Gasteiger partial charge >= 0.3 is 0 Å². The predicted octanol–water partition coefficient (Wildman–Crippen LogP) is 1.53. The van der Waals surface area contributed by atoms with Crippen LogP contribution < -0.4 is 4.90 Å². The summed E-state index contributed by atoms with van der Waals surface area (Å²) in [4.78, 5) is 13.7. The summed E-state index contributed by atoms with van der Waals surface area (Å²) in [5.74, 6) is 0.851. The Hall–Kier alpha value is -1.97. The van der Waals surface area contributed by atoms with Crippen LogP contribution in [0.2, 0.25) is 0 Å². The van der Waals surface area contributed by atoms with Gasteiger partial charge in [0.05, 0.1) is 5.39 Å². The van der Waals surface area contributed by atoms with E-state index in [1.54, 1.807) is 21.8 Å². The number of H-pyrrole nitrogens is 1. The molecule has 0 bridgehead atoms. The molecule has 0 atom stereocenters. The van der Waals surface area contributed by atoms with E-state index in [1.807, 2.05) is 12.3 Å². The van der Waals surface area contributed by atoms with Crippen LogP contribution in [0, 0.1) is 0 Å². The number of hydrogen-bond donors (Lipinski definition) is 1. The first-order chi connectivity index (χ1) is 11.2. The highest BCUT2D eigenvalue weighted by Crippen LogP contribution is 2.26. The molecule has 4 heterocycles. The molecular weight excluding hydrogens is 334 g/mol. The van der Waals surface area contributed by atoms with E-state index in [0.29, 0.717) is 30.4 Å². The van der Waals surface area contributed by atoms with Crippen molar-refractivity contribution in [2.75, 3.05) is 31.1 Å². The SMILES string of the molecule is O=S(=O)(c1cccs1)N1CCN(c2ncnc3[nH]ccc23)CC1. The van der Waals surface area contributed by atoms with Crippen LogP contribution in [0.3, 0.4) is 0 Å². The van der Waals surface area contributed by atoms with Gasteiger partial charge in [-0.2, -0.15) is 4.31 Å². The Balaban J connectivity index is 1.55. The zero-order valence-electron chi connectivity index (χ0n) is 12.2. The highest BCUT2D eigenvalue weighted by molar-refractivity contribution is 7.91. The van der Waals surface area contributed by atoms with E-state index in [0.717, 1.165) is 16.9 Å². The van der Waals surface area contributed by atoms with Gasteiger partial charge in [-0.3, -0.25) is 0 Å². The molecule has 0 aliphatic carbocycles. The largest absolute Gasteiger partial charge is 0.353 e. The number of hydrogen-bond acceptors (Lipinski definition) is 6. The Morgan fingerprint density at radius 2 is 1.96 bits per heavy atom. The van der Waals surface area contributed by atoms with Gasteiger partial charge in [-0.05, 0) is 17.5 Å². The van der Waals surface area contributed by atoms with Gasteiger partial charge in [0.15, 0.2) is 0 Å². The van der Waals surface area contributed by atoms with Gasteiger partial charge in [0, 0.05) is 32.4 Å². The fourth-order valence-electron chi connectivity index (χ4n) is 2.79. The lowest BCUT2D eigenvalue weighted by atomic mass is 10.3. The third kappa shape index (κ3) is 2.50. The van der Waals surface area contributed by atoms with Crippen molar-refractivity contribution in [1.82, 2.24) is 19.3 Å². The van der Waals surface area contributed by atoms with E-state index in [-0.39, 0.29) is 0 Å². The molecule has 3 aromatic heterocycles. The van der Waals surface area contributed by atoms with E-state index < -0.39 is 10.0 Å². The van der Waals surface area contributed by atoms with Gasteiger partial charge in [-0.15, -0.1) is 11.3 Å². The van der Waals surface area contributed by atoms with Gasteiger partial charge in [0.25, 0.3) is 10.0 Å². The molecule has 23 heavy (non-hydrogen) atoms. The Morgan fingerprint density at radius 1 is 1.13 bits per heavy atom. The summed E-state index contributed by atoms with van der Waals surface area (Å²) in [6.45, 7) is 2.14. The third-order valence-corrected chi connectivity index (χ3v) is 7.23.